The zero-order valence-electron chi connectivity index (χ0n) is 12.3. The molecule has 21 heavy (non-hydrogen) atoms. The van der Waals surface area contributed by atoms with E-state index in [0.717, 1.165) is 25.4 Å². The summed E-state index contributed by atoms with van der Waals surface area (Å²) in [5.74, 6) is 0.810. The van der Waals surface area contributed by atoms with Gasteiger partial charge in [0.1, 0.15) is 12.4 Å². The summed E-state index contributed by atoms with van der Waals surface area (Å²) in [5, 5.41) is 8.75. The number of hydrogen-bond donors (Lipinski definition) is 0. The van der Waals surface area contributed by atoms with Crippen LogP contribution in [0.2, 0.25) is 0 Å². The number of benzene rings is 2. The highest BCUT2D eigenvalue weighted by Crippen LogP contribution is 2.11. The van der Waals surface area contributed by atoms with Crippen LogP contribution in [0, 0.1) is 11.3 Å². The minimum Gasteiger partial charge on any atom is -0.492 e. The Kier molecular flexibility index (Phi) is 5.81. The third kappa shape index (κ3) is 4.94. The van der Waals surface area contributed by atoms with Crippen molar-refractivity contribution in [3.05, 3.63) is 65.7 Å². The molecule has 0 heterocycles. The first-order valence-corrected chi connectivity index (χ1v) is 7.21. The Labute approximate surface area is 126 Å². The summed E-state index contributed by atoms with van der Waals surface area (Å²) < 4.78 is 5.72. The first kappa shape index (κ1) is 15.1. The lowest BCUT2D eigenvalue weighted by Gasteiger charge is -2.20. The zero-order valence-corrected chi connectivity index (χ0v) is 12.3. The topological polar surface area (TPSA) is 36.3 Å². The van der Waals surface area contributed by atoms with Crippen LogP contribution in [0.4, 0.5) is 0 Å². The second-order valence-electron chi connectivity index (χ2n) is 4.84. The van der Waals surface area contributed by atoms with E-state index in [1.165, 1.54) is 5.56 Å². The summed E-state index contributed by atoms with van der Waals surface area (Å²) >= 11 is 0. The molecule has 0 atom stereocenters. The van der Waals surface area contributed by atoms with Crippen LogP contribution in [0.5, 0.6) is 5.75 Å². The van der Waals surface area contributed by atoms with E-state index in [1.54, 1.807) is 12.1 Å². The molecule has 0 unspecified atom stereocenters. The molecule has 0 aliphatic carbocycles. The third-order valence-corrected chi connectivity index (χ3v) is 3.36. The molecule has 0 saturated heterocycles. The number of rotatable bonds is 7. The lowest BCUT2D eigenvalue weighted by Crippen LogP contribution is -2.27. The van der Waals surface area contributed by atoms with E-state index in [2.05, 4.69) is 42.2 Å². The van der Waals surface area contributed by atoms with E-state index in [-0.39, 0.29) is 0 Å². The van der Waals surface area contributed by atoms with Crippen LogP contribution in [0.25, 0.3) is 0 Å². The van der Waals surface area contributed by atoms with E-state index in [9.17, 15) is 0 Å². The van der Waals surface area contributed by atoms with Gasteiger partial charge in [-0.3, -0.25) is 4.90 Å². The molecule has 3 heteroatoms. The minimum absolute atomic E-state index is 0.645. The molecule has 2 aromatic carbocycles. The van der Waals surface area contributed by atoms with Crippen LogP contribution in [-0.4, -0.2) is 24.6 Å². The molecule has 0 radical (unpaired) electrons. The highest BCUT2D eigenvalue weighted by Gasteiger charge is 2.04. The lowest BCUT2D eigenvalue weighted by atomic mass is 10.2. The Hall–Kier alpha value is -2.31. The van der Waals surface area contributed by atoms with Crippen molar-refractivity contribution in [1.29, 1.82) is 5.26 Å². The van der Waals surface area contributed by atoms with Gasteiger partial charge in [-0.25, -0.2) is 0 Å². The largest absolute Gasteiger partial charge is 0.492 e. The van der Waals surface area contributed by atoms with Gasteiger partial charge in [-0.1, -0.05) is 37.3 Å². The molecule has 0 spiro atoms. The van der Waals surface area contributed by atoms with Crippen molar-refractivity contribution in [1.82, 2.24) is 4.90 Å². The molecule has 2 rings (SSSR count). The molecule has 0 bridgehead atoms. The van der Waals surface area contributed by atoms with Gasteiger partial charge in [0.05, 0.1) is 11.6 Å². The van der Waals surface area contributed by atoms with E-state index < -0.39 is 0 Å². The van der Waals surface area contributed by atoms with Crippen LogP contribution >= 0.6 is 0 Å². The van der Waals surface area contributed by atoms with Gasteiger partial charge in [0.25, 0.3) is 0 Å². The summed E-state index contributed by atoms with van der Waals surface area (Å²) in [6.45, 7) is 5.61. The van der Waals surface area contributed by atoms with Crippen LogP contribution < -0.4 is 4.74 Å². The van der Waals surface area contributed by atoms with E-state index in [1.807, 2.05) is 18.2 Å². The van der Waals surface area contributed by atoms with Crippen LogP contribution in [0.1, 0.15) is 18.1 Å². The van der Waals surface area contributed by atoms with E-state index in [0.29, 0.717) is 12.2 Å². The Morgan fingerprint density at radius 3 is 2.38 bits per heavy atom. The second-order valence-corrected chi connectivity index (χ2v) is 4.84. The van der Waals surface area contributed by atoms with Crippen molar-refractivity contribution in [2.75, 3.05) is 19.7 Å². The van der Waals surface area contributed by atoms with Gasteiger partial charge in [0, 0.05) is 13.1 Å². The predicted molar refractivity (Wildman–Crippen MR) is 84.0 cm³/mol. The molecular weight excluding hydrogens is 260 g/mol. The Balaban J connectivity index is 1.79. The third-order valence-electron chi connectivity index (χ3n) is 3.36. The fraction of sp³-hybridized carbons (Fsp3) is 0.278. The van der Waals surface area contributed by atoms with E-state index in [4.69, 9.17) is 10.00 Å². The molecule has 2 aromatic rings. The Morgan fingerprint density at radius 2 is 1.76 bits per heavy atom. The first-order valence-electron chi connectivity index (χ1n) is 7.21. The summed E-state index contributed by atoms with van der Waals surface area (Å²) in [5.41, 5.74) is 1.97. The minimum atomic E-state index is 0.645. The summed E-state index contributed by atoms with van der Waals surface area (Å²) in [6.07, 6.45) is 0. The average molecular weight is 280 g/mol. The van der Waals surface area contributed by atoms with Crippen LogP contribution in [0.15, 0.2) is 54.6 Å². The van der Waals surface area contributed by atoms with Gasteiger partial charge in [-0.15, -0.1) is 0 Å². The first-order chi connectivity index (χ1) is 10.3. The molecule has 0 aromatic heterocycles. The zero-order chi connectivity index (χ0) is 14.9. The van der Waals surface area contributed by atoms with Crippen LogP contribution in [-0.2, 0) is 6.54 Å². The molecule has 3 nitrogen and oxygen atoms in total. The van der Waals surface area contributed by atoms with Crippen molar-refractivity contribution in [3.8, 4) is 11.8 Å². The highest BCUT2D eigenvalue weighted by molar-refractivity contribution is 5.34. The monoisotopic (exact) mass is 280 g/mol. The second kappa shape index (κ2) is 8.08. The highest BCUT2D eigenvalue weighted by atomic mass is 16.5. The Morgan fingerprint density at radius 1 is 1.05 bits per heavy atom. The fourth-order valence-electron chi connectivity index (χ4n) is 2.11. The van der Waals surface area contributed by atoms with Crippen molar-refractivity contribution in [2.45, 2.75) is 13.5 Å². The summed E-state index contributed by atoms with van der Waals surface area (Å²) in [4.78, 5) is 2.35. The van der Waals surface area contributed by atoms with Crippen molar-refractivity contribution < 1.29 is 4.74 Å². The Bertz CT molecular complexity index is 572. The number of nitrogens with zero attached hydrogens (tertiary/aromatic N) is 2. The molecule has 0 saturated carbocycles. The van der Waals surface area contributed by atoms with Gasteiger partial charge in [-0.05, 0) is 36.4 Å². The summed E-state index contributed by atoms with van der Waals surface area (Å²) in [6, 6.07) is 19.8. The van der Waals surface area contributed by atoms with E-state index >= 15 is 0 Å². The maximum Gasteiger partial charge on any atom is 0.119 e. The molecule has 0 N–H and O–H groups in total. The number of likely N-dealkylation sites (N-methyl/N-ethyl adjacent to an activating group) is 1. The molecule has 0 amide bonds. The average Bonchev–Trinajstić information content (AvgIpc) is 2.55. The molecule has 0 fully saturated rings. The summed E-state index contributed by atoms with van der Waals surface area (Å²) in [7, 11) is 0. The van der Waals surface area contributed by atoms with Gasteiger partial charge in [-0.2, -0.15) is 5.26 Å². The van der Waals surface area contributed by atoms with Crippen LogP contribution in [0.3, 0.4) is 0 Å². The number of hydrogen-bond acceptors (Lipinski definition) is 3. The lowest BCUT2D eigenvalue weighted by molar-refractivity contribution is 0.210. The maximum absolute atomic E-state index is 8.75. The fourth-order valence-corrected chi connectivity index (χ4v) is 2.11. The van der Waals surface area contributed by atoms with Gasteiger partial charge in [0.2, 0.25) is 0 Å². The number of nitriles is 1. The van der Waals surface area contributed by atoms with Gasteiger partial charge >= 0.3 is 0 Å². The van der Waals surface area contributed by atoms with Crippen molar-refractivity contribution in [2.24, 2.45) is 0 Å². The predicted octanol–water partition coefficient (Wildman–Crippen LogP) is 3.46. The normalized spacial score (nSPS) is 10.3. The van der Waals surface area contributed by atoms with Gasteiger partial charge in [0.15, 0.2) is 0 Å². The van der Waals surface area contributed by atoms with Gasteiger partial charge < -0.3 is 4.74 Å². The molecule has 108 valence electrons. The van der Waals surface area contributed by atoms with Crippen molar-refractivity contribution in [3.63, 3.8) is 0 Å². The SMILES string of the molecule is CCN(CCOc1ccc(C#N)cc1)Cc1ccccc1. The molecule has 0 aliphatic rings. The maximum atomic E-state index is 8.75. The molecular formula is C18H20N2O. The number of ether oxygens (including phenoxy) is 1. The van der Waals surface area contributed by atoms with Crippen molar-refractivity contribution >= 4 is 0 Å². The molecule has 0 aliphatic heterocycles. The smallest absolute Gasteiger partial charge is 0.119 e. The standard InChI is InChI=1S/C18H20N2O/c1-2-20(15-17-6-4-3-5-7-17)12-13-21-18-10-8-16(14-19)9-11-18/h3-11H,2,12-13,15H2,1H3. The quantitative estimate of drug-likeness (QED) is 0.779.